The Labute approximate surface area is 119 Å². The van der Waals surface area contributed by atoms with Crippen LogP contribution in [0.25, 0.3) is 0 Å². The van der Waals surface area contributed by atoms with Crippen molar-refractivity contribution in [2.45, 2.75) is 26.8 Å². The van der Waals surface area contributed by atoms with Crippen LogP contribution in [0.15, 0.2) is 18.2 Å². The second kappa shape index (κ2) is 8.66. The van der Waals surface area contributed by atoms with E-state index in [0.29, 0.717) is 31.2 Å². The van der Waals surface area contributed by atoms with Crippen molar-refractivity contribution in [3.05, 3.63) is 35.1 Å². The Bertz CT molecular complexity index is 436. The quantitative estimate of drug-likeness (QED) is 0.682. The van der Waals surface area contributed by atoms with Gasteiger partial charge in [-0.05, 0) is 24.5 Å². The molecule has 3 N–H and O–H groups in total. The average Bonchev–Trinajstić information content (AvgIpc) is 2.38. The third-order valence-electron chi connectivity index (χ3n) is 2.92. The number of amides is 1. The zero-order valence-electron chi connectivity index (χ0n) is 12.1. The summed E-state index contributed by atoms with van der Waals surface area (Å²) in [6.45, 7) is 6.72. The molecule has 0 unspecified atom stereocenters. The van der Waals surface area contributed by atoms with Gasteiger partial charge in [0.1, 0.15) is 5.82 Å². The Morgan fingerprint density at radius 1 is 1.40 bits per heavy atom. The first-order valence-corrected chi connectivity index (χ1v) is 6.87. The summed E-state index contributed by atoms with van der Waals surface area (Å²) in [7, 11) is 0. The summed E-state index contributed by atoms with van der Waals surface area (Å²) in [4.78, 5) is 10.9. The normalized spacial score (nSPS) is 11.0. The Morgan fingerprint density at radius 2 is 2.15 bits per heavy atom. The van der Waals surface area contributed by atoms with Crippen molar-refractivity contribution < 1.29 is 13.9 Å². The third kappa shape index (κ3) is 6.12. The van der Waals surface area contributed by atoms with Gasteiger partial charge in [0, 0.05) is 30.8 Å². The van der Waals surface area contributed by atoms with Crippen LogP contribution in [0.4, 0.5) is 4.39 Å². The summed E-state index contributed by atoms with van der Waals surface area (Å²) in [5, 5.41) is 3.10. The average molecular weight is 282 g/mol. The number of nitrogens with two attached hydrogens (primary N) is 1. The van der Waals surface area contributed by atoms with Gasteiger partial charge in [-0.3, -0.25) is 4.79 Å². The lowest BCUT2D eigenvalue weighted by Crippen LogP contribution is -2.20. The SMILES string of the molecule is CC(C)CCOCCNCc1ccc(C(N)=O)cc1F. The van der Waals surface area contributed by atoms with Crippen molar-refractivity contribution in [3.8, 4) is 0 Å². The highest BCUT2D eigenvalue weighted by molar-refractivity contribution is 5.92. The van der Waals surface area contributed by atoms with E-state index in [1.807, 2.05) is 0 Å². The molecule has 1 aromatic rings. The minimum absolute atomic E-state index is 0.184. The molecule has 1 amide bonds. The molecule has 0 aromatic heterocycles. The van der Waals surface area contributed by atoms with Gasteiger partial charge in [-0.15, -0.1) is 0 Å². The minimum Gasteiger partial charge on any atom is -0.380 e. The lowest BCUT2D eigenvalue weighted by atomic mass is 10.1. The zero-order valence-corrected chi connectivity index (χ0v) is 12.1. The maximum Gasteiger partial charge on any atom is 0.248 e. The number of carbonyl (C=O) groups excluding carboxylic acids is 1. The van der Waals surface area contributed by atoms with Gasteiger partial charge in [-0.2, -0.15) is 0 Å². The van der Waals surface area contributed by atoms with Crippen molar-refractivity contribution in [2.75, 3.05) is 19.8 Å². The number of ether oxygens (including phenoxy) is 1. The van der Waals surface area contributed by atoms with Gasteiger partial charge < -0.3 is 15.8 Å². The maximum absolute atomic E-state index is 13.7. The molecule has 0 heterocycles. The Balaban J connectivity index is 2.24. The third-order valence-corrected chi connectivity index (χ3v) is 2.92. The first-order valence-electron chi connectivity index (χ1n) is 6.87. The molecule has 0 bridgehead atoms. The minimum atomic E-state index is -0.623. The van der Waals surface area contributed by atoms with Crippen LogP contribution >= 0.6 is 0 Å². The highest BCUT2D eigenvalue weighted by atomic mass is 19.1. The molecule has 0 spiro atoms. The van der Waals surface area contributed by atoms with Gasteiger partial charge in [0.05, 0.1) is 6.61 Å². The molecular weight excluding hydrogens is 259 g/mol. The highest BCUT2D eigenvalue weighted by Crippen LogP contribution is 2.09. The summed E-state index contributed by atoms with van der Waals surface area (Å²) in [6, 6.07) is 4.27. The second-order valence-corrected chi connectivity index (χ2v) is 5.14. The molecule has 20 heavy (non-hydrogen) atoms. The molecule has 0 radical (unpaired) electrons. The van der Waals surface area contributed by atoms with E-state index in [9.17, 15) is 9.18 Å². The fraction of sp³-hybridized carbons (Fsp3) is 0.533. The number of primary amides is 1. The molecule has 0 aliphatic heterocycles. The Hall–Kier alpha value is -1.46. The van der Waals surface area contributed by atoms with Crippen LogP contribution in [0, 0.1) is 11.7 Å². The van der Waals surface area contributed by atoms with Gasteiger partial charge in [0.2, 0.25) is 5.91 Å². The van der Waals surface area contributed by atoms with Crippen LogP contribution in [0.3, 0.4) is 0 Å². The number of nitrogens with one attached hydrogen (secondary N) is 1. The number of hydrogen-bond acceptors (Lipinski definition) is 3. The summed E-state index contributed by atoms with van der Waals surface area (Å²) in [5.41, 5.74) is 5.78. The molecule has 5 heteroatoms. The molecule has 4 nitrogen and oxygen atoms in total. The van der Waals surface area contributed by atoms with Crippen molar-refractivity contribution in [1.29, 1.82) is 0 Å². The van der Waals surface area contributed by atoms with Crippen LogP contribution in [-0.2, 0) is 11.3 Å². The van der Waals surface area contributed by atoms with E-state index in [4.69, 9.17) is 10.5 Å². The fourth-order valence-electron chi connectivity index (χ4n) is 1.63. The van der Waals surface area contributed by atoms with Gasteiger partial charge in [0.15, 0.2) is 0 Å². The Kier molecular flexibility index (Phi) is 7.18. The lowest BCUT2D eigenvalue weighted by molar-refractivity contribution is 0.1000. The van der Waals surface area contributed by atoms with Crippen molar-refractivity contribution >= 4 is 5.91 Å². The topological polar surface area (TPSA) is 64.3 Å². The van der Waals surface area contributed by atoms with Crippen LogP contribution in [0.1, 0.15) is 36.2 Å². The monoisotopic (exact) mass is 282 g/mol. The van der Waals surface area contributed by atoms with Crippen molar-refractivity contribution in [1.82, 2.24) is 5.32 Å². The lowest BCUT2D eigenvalue weighted by Gasteiger charge is -2.08. The smallest absolute Gasteiger partial charge is 0.248 e. The number of benzene rings is 1. The Morgan fingerprint density at radius 3 is 2.75 bits per heavy atom. The number of rotatable bonds is 9. The van der Waals surface area contributed by atoms with E-state index < -0.39 is 11.7 Å². The molecule has 0 atom stereocenters. The van der Waals surface area contributed by atoms with Gasteiger partial charge in [-0.25, -0.2) is 4.39 Å². The molecule has 1 aromatic carbocycles. The highest BCUT2D eigenvalue weighted by Gasteiger charge is 2.06. The summed E-state index contributed by atoms with van der Waals surface area (Å²) in [6.07, 6.45) is 1.04. The van der Waals surface area contributed by atoms with E-state index in [0.717, 1.165) is 13.0 Å². The molecule has 0 aliphatic rings. The largest absolute Gasteiger partial charge is 0.380 e. The molecule has 1 rings (SSSR count). The second-order valence-electron chi connectivity index (χ2n) is 5.14. The molecule has 0 saturated heterocycles. The van der Waals surface area contributed by atoms with Crippen LogP contribution in [0.2, 0.25) is 0 Å². The van der Waals surface area contributed by atoms with Crippen LogP contribution < -0.4 is 11.1 Å². The molecule has 0 saturated carbocycles. The summed E-state index contributed by atoms with van der Waals surface area (Å²) >= 11 is 0. The standard InChI is InChI=1S/C15H23FN2O2/c1-11(2)5-7-20-8-6-18-10-13-4-3-12(15(17)19)9-14(13)16/h3-4,9,11,18H,5-8,10H2,1-2H3,(H2,17,19). The molecule has 0 fully saturated rings. The predicted molar refractivity (Wildman–Crippen MR) is 76.9 cm³/mol. The summed E-state index contributed by atoms with van der Waals surface area (Å²) < 4.78 is 19.1. The zero-order chi connectivity index (χ0) is 15.0. The fourth-order valence-corrected chi connectivity index (χ4v) is 1.63. The first kappa shape index (κ1) is 16.6. The maximum atomic E-state index is 13.7. The van der Waals surface area contributed by atoms with Crippen molar-refractivity contribution in [2.24, 2.45) is 11.7 Å². The first-order chi connectivity index (χ1) is 9.50. The predicted octanol–water partition coefficient (Wildman–Crippen LogP) is 2.08. The number of carbonyl (C=O) groups is 1. The molecule has 112 valence electrons. The number of hydrogen-bond donors (Lipinski definition) is 2. The summed E-state index contributed by atoms with van der Waals surface area (Å²) in [5.74, 6) is -0.405. The van der Waals surface area contributed by atoms with E-state index in [2.05, 4.69) is 19.2 Å². The van der Waals surface area contributed by atoms with Gasteiger partial charge >= 0.3 is 0 Å². The number of halogens is 1. The van der Waals surface area contributed by atoms with Crippen molar-refractivity contribution in [3.63, 3.8) is 0 Å². The van der Waals surface area contributed by atoms with Gasteiger partial charge in [-0.1, -0.05) is 19.9 Å². The van der Waals surface area contributed by atoms with E-state index in [-0.39, 0.29) is 5.56 Å². The van der Waals surface area contributed by atoms with E-state index >= 15 is 0 Å². The van der Waals surface area contributed by atoms with Crippen LogP contribution in [-0.4, -0.2) is 25.7 Å². The van der Waals surface area contributed by atoms with E-state index in [1.54, 1.807) is 6.07 Å². The molecular formula is C15H23FN2O2. The van der Waals surface area contributed by atoms with E-state index in [1.165, 1.54) is 12.1 Å². The van der Waals surface area contributed by atoms with Crippen LogP contribution in [0.5, 0.6) is 0 Å². The van der Waals surface area contributed by atoms with Gasteiger partial charge in [0.25, 0.3) is 0 Å². The molecule has 0 aliphatic carbocycles.